The first-order valence-corrected chi connectivity index (χ1v) is 4.17. The van der Waals surface area contributed by atoms with Gasteiger partial charge in [0.05, 0.1) is 13.4 Å². The van der Waals surface area contributed by atoms with Gasteiger partial charge in [-0.05, 0) is 18.6 Å². The molecule has 74 valence electrons. The number of phenols is 1. The summed E-state index contributed by atoms with van der Waals surface area (Å²) < 4.78 is 4.83. The van der Waals surface area contributed by atoms with Crippen LogP contribution in [0.3, 0.4) is 0 Å². The Balaban J connectivity index is 3.11. The Morgan fingerprint density at radius 3 is 2.71 bits per heavy atom. The normalized spacial score (nSPS) is 11.1. The number of carbonyl (C=O) groups is 1. The maximum absolute atomic E-state index is 10.4. The highest BCUT2D eigenvalue weighted by Crippen LogP contribution is 2.25. The number of aromatic hydroxyl groups is 1. The Hall–Kier alpha value is -1.77. The van der Waals surface area contributed by atoms with Crippen LogP contribution in [-0.2, 0) is 4.74 Å². The lowest BCUT2D eigenvalue weighted by atomic mass is 10.1. The summed E-state index contributed by atoms with van der Waals surface area (Å²) >= 11 is 0. The third-order valence-electron chi connectivity index (χ3n) is 1.88. The summed E-state index contributed by atoms with van der Waals surface area (Å²) in [6.07, 6.45) is 2.23. The van der Waals surface area contributed by atoms with Crippen LogP contribution in [-0.4, -0.2) is 18.5 Å². The molecule has 0 aliphatic heterocycles. The SMILES string of the molecule is CO/C=C(\C)c1ccc(C=O)cc1O. The average Bonchev–Trinajstić information content (AvgIpc) is 2.17. The van der Waals surface area contributed by atoms with E-state index < -0.39 is 0 Å². The highest BCUT2D eigenvalue weighted by atomic mass is 16.5. The summed E-state index contributed by atoms with van der Waals surface area (Å²) in [7, 11) is 1.54. The molecule has 0 fully saturated rings. The van der Waals surface area contributed by atoms with E-state index in [1.807, 2.05) is 6.92 Å². The largest absolute Gasteiger partial charge is 0.507 e. The van der Waals surface area contributed by atoms with Crippen molar-refractivity contribution < 1.29 is 14.6 Å². The van der Waals surface area contributed by atoms with Crippen LogP contribution >= 0.6 is 0 Å². The molecular weight excluding hydrogens is 180 g/mol. The molecule has 0 heterocycles. The number of allylic oxidation sites excluding steroid dienone is 1. The molecule has 1 aromatic carbocycles. The number of hydrogen-bond donors (Lipinski definition) is 1. The standard InChI is InChI=1S/C11H12O3/c1-8(7-14-2)10-4-3-9(6-12)5-11(10)13/h3-7,13H,1-2H3/b8-7+. The van der Waals surface area contributed by atoms with Gasteiger partial charge in [0.2, 0.25) is 0 Å². The maximum atomic E-state index is 10.4. The van der Waals surface area contributed by atoms with Crippen LogP contribution in [0.2, 0.25) is 0 Å². The average molecular weight is 192 g/mol. The third kappa shape index (κ3) is 2.13. The van der Waals surface area contributed by atoms with Gasteiger partial charge >= 0.3 is 0 Å². The molecule has 0 spiro atoms. The van der Waals surface area contributed by atoms with Gasteiger partial charge in [-0.2, -0.15) is 0 Å². The first-order valence-electron chi connectivity index (χ1n) is 4.17. The van der Waals surface area contributed by atoms with Gasteiger partial charge in [0, 0.05) is 11.1 Å². The number of phenolic OH excluding ortho intramolecular Hbond substituents is 1. The second kappa shape index (κ2) is 4.46. The monoisotopic (exact) mass is 192 g/mol. The smallest absolute Gasteiger partial charge is 0.150 e. The fourth-order valence-corrected chi connectivity index (χ4v) is 1.20. The topological polar surface area (TPSA) is 46.5 Å². The van der Waals surface area contributed by atoms with Crippen molar-refractivity contribution in [3.8, 4) is 5.75 Å². The van der Waals surface area contributed by atoms with Gasteiger partial charge in [0.1, 0.15) is 12.0 Å². The van der Waals surface area contributed by atoms with Gasteiger partial charge in [-0.25, -0.2) is 0 Å². The molecule has 0 saturated heterocycles. The summed E-state index contributed by atoms with van der Waals surface area (Å²) in [6, 6.07) is 4.76. The Labute approximate surface area is 82.6 Å². The lowest BCUT2D eigenvalue weighted by Gasteiger charge is -2.04. The minimum absolute atomic E-state index is 0.0837. The van der Waals surface area contributed by atoms with Gasteiger partial charge in [-0.3, -0.25) is 4.79 Å². The number of carbonyl (C=O) groups excluding carboxylic acids is 1. The Bertz CT molecular complexity index is 367. The predicted molar refractivity (Wildman–Crippen MR) is 54.2 cm³/mol. The molecule has 0 aliphatic rings. The highest BCUT2D eigenvalue weighted by Gasteiger charge is 2.04. The second-order valence-corrected chi connectivity index (χ2v) is 2.93. The van der Waals surface area contributed by atoms with E-state index in [4.69, 9.17) is 4.74 Å². The van der Waals surface area contributed by atoms with E-state index in [0.717, 1.165) is 5.57 Å². The van der Waals surface area contributed by atoms with Crippen LogP contribution in [0.25, 0.3) is 5.57 Å². The van der Waals surface area contributed by atoms with Gasteiger partial charge in [0.15, 0.2) is 0 Å². The molecule has 0 unspecified atom stereocenters. The van der Waals surface area contributed by atoms with E-state index in [2.05, 4.69) is 0 Å². The zero-order valence-corrected chi connectivity index (χ0v) is 8.15. The zero-order valence-electron chi connectivity index (χ0n) is 8.15. The van der Waals surface area contributed by atoms with Gasteiger partial charge in [-0.15, -0.1) is 0 Å². The van der Waals surface area contributed by atoms with Crippen molar-refractivity contribution in [3.63, 3.8) is 0 Å². The van der Waals surface area contributed by atoms with Gasteiger partial charge in [0.25, 0.3) is 0 Å². The highest BCUT2D eigenvalue weighted by molar-refractivity contribution is 5.78. The van der Waals surface area contributed by atoms with Crippen molar-refractivity contribution in [2.24, 2.45) is 0 Å². The summed E-state index contributed by atoms with van der Waals surface area (Å²) in [6.45, 7) is 1.82. The lowest BCUT2D eigenvalue weighted by molar-refractivity contribution is 0.112. The van der Waals surface area contributed by atoms with Crippen LogP contribution in [0.5, 0.6) is 5.75 Å². The number of ether oxygens (including phenoxy) is 1. The Morgan fingerprint density at radius 2 is 2.21 bits per heavy atom. The fraction of sp³-hybridized carbons (Fsp3) is 0.182. The maximum Gasteiger partial charge on any atom is 0.150 e. The zero-order chi connectivity index (χ0) is 10.6. The third-order valence-corrected chi connectivity index (χ3v) is 1.88. The van der Waals surface area contributed by atoms with E-state index >= 15 is 0 Å². The molecule has 1 rings (SSSR count). The number of hydrogen-bond acceptors (Lipinski definition) is 3. The quantitative estimate of drug-likeness (QED) is 0.590. The summed E-state index contributed by atoms with van der Waals surface area (Å²) in [5.74, 6) is 0.0837. The molecule has 1 aromatic rings. The first kappa shape index (κ1) is 10.3. The summed E-state index contributed by atoms with van der Waals surface area (Å²) in [4.78, 5) is 10.4. The molecule has 0 amide bonds. The molecule has 14 heavy (non-hydrogen) atoms. The van der Waals surface area contributed by atoms with Crippen molar-refractivity contribution in [1.82, 2.24) is 0 Å². The van der Waals surface area contributed by atoms with Gasteiger partial charge < -0.3 is 9.84 Å². The van der Waals surface area contributed by atoms with Crippen molar-refractivity contribution in [2.45, 2.75) is 6.92 Å². The molecule has 0 saturated carbocycles. The van der Waals surface area contributed by atoms with Crippen LogP contribution in [0, 0.1) is 0 Å². The molecule has 0 radical (unpaired) electrons. The van der Waals surface area contributed by atoms with Crippen molar-refractivity contribution in [2.75, 3.05) is 7.11 Å². The summed E-state index contributed by atoms with van der Waals surface area (Å²) in [5, 5.41) is 9.56. The van der Waals surface area contributed by atoms with Crippen molar-refractivity contribution in [3.05, 3.63) is 35.6 Å². The molecule has 0 aliphatic carbocycles. The molecule has 0 atom stereocenters. The molecule has 0 aromatic heterocycles. The molecule has 3 nitrogen and oxygen atoms in total. The van der Waals surface area contributed by atoms with E-state index in [-0.39, 0.29) is 5.75 Å². The van der Waals surface area contributed by atoms with Crippen LogP contribution in [0.15, 0.2) is 24.5 Å². The number of aldehydes is 1. The van der Waals surface area contributed by atoms with E-state index in [0.29, 0.717) is 17.4 Å². The van der Waals surface area contributed by atoms with E-state index in [1.54, 1.807) is 19.2 Å². The predicted octanol–water partition coefficient (Wildman–Crippen LogP) is 2.21. The van der Waals surface area contributed by atoms with Crippen LogP contribution in [0.4, 0.5) is 0 Å². The minimum atomic E-state index is 0.0837. The van der Waals surface area contributed by atoms with Crippen LogP contribution in [0.1, 0.15) is 22.8 Å². The number of benzene rings is 1. The molecule has 1 N–H and O–H groups in total. The molecule has 0 bridgehead atoms. The summed E-state index contributed by atoms with van der Waals surface area (Å²) in [5.41, 5.74) is 1.93. The second-order valence-electron chi connectivity index (χ2n) is 2.93. The number of methoxy groups -OCH3 is 1. The Kier molecular flexibility index (Phi) is 3.29. The fourth-order valence-electron chi connectivity index (χ4n) is 1.20. The molecular formula is C11H12O3. The lowest BCUT2D eigenvalue weighted by Crippen LogP contribution is -1.85. The van der Waals surface area contributed by atoms with E-state index in [9.17, 15) is 9.90 Å². The van der Waals surface area contributed by atoms with Gasteiger partial charge in [-0.1, -0.05) is 12.1 Å². The minimum Gasteiger partial charge on any atom is -0.507 e. The molecule has 3 heteroatoms. The Morgan fingerprint density at radius 1 is 1.50 bits per heavy atom. The van der Waals surface area contributed by atoms with E-state index in [1.165, 1.54) is 12.3 Å². The van der Waals surface area contributed by atoms with Crippen LogP contribution < -0.4 is 0 Å². The first-order chi connectivity index (χ1) is 6.69. The van der Waals surface area contributed by atoms with Crippen molar-refractivity contribution in [1.29, 1.82) is 0 Å². The van der Waals surface area contributed by atoms with Crippen molar-refractivity contribution >= 4 is 11.9 Å². The number of rotatable bonds is 3.